The molecule has 0 bridgehead atoms. The summed E-state index contributed by atoms with van der Waals surface area (Å²) in [6.07, 6.45) is 3.34. The Morgan fingerprint density at radius 2 is 2.07 bits per heavy atom. The summed E-state index contributed by atoms with van der Waals surface area (Å²) in [4.78, 5) is 11.4. The Morgan fingerprint density at radius 3 is 2.47 bits per heavy atom. The first-order valence-corrected chi connectivity index (χ1v) is 5.69. The normalized spacial score (nSPS) is 32.7. The highest BCUT2D eigenvalue weighted by atomic mass is 16.5. The van der Waals surface area contributed by atoms with Gasteiger partial charge in [-0.2, -0.15) is 0 Å². The van der Waals surface area contributed by atoms with Gasteiger partial charge < -0.3 is 9.84 Å². The molecule has 1 rings (SSSR count). The molecule has 1 aliphatic rings. The van der Waals surface area contributed by atoms with Gasteiger partial charge in [-0.1, -0.05) is 13.3 Å². The lowest BCUT2D eigenvalue weighted by atomic mass is 9.78. The molecule has 0 aromatic heterocycles. The summed E-state index contributed by atoms with van der Waals surface area (Å²) in [5.41, 5.74) is -1.34. The lowest BCUT2D eigenvalue weighted by Crippen LogP contribution is -2.49. The van der Waals surface area contributed by atoms with E-state index < -0.39 is 17.2 Å². The van der Waals surface area contributed by atoms with Crippen molar-refractivity contribution in [2.45, 2.75) is 64.6 Å². The maximum Gasteiger partial charge on any atom is 0.336 e. The van der Waals surface area contributed by atoms with Crippen LogP contribution >= 0.6 is 0 Å². The molecule has 3 heteroatoms. The predicted octanol–water partition coefficient (Wildman–Crippen LogP) is 2.84. The fourth-order valence-corrected chi connectivity index (χ4v) is 2.42. The van der Waals surface area contributed by atoms with Crippen LogP contribution in [0, 0.1) is 5.92 Å². The maximum atomic E-state index is 11.4. The van der Waals surface area contributed by atoms with E-state index in [4.69, 9.17) is 4.74 Å². The van der Waals surface area contributed by atoms with Crippen LogP contribution in [-0.2, 0) is 9.53 Å². The van der Waals surface area contributed by atoms with E-state index in [9.17, 15) is 9.90 Å². The van der Waals surface area contributed by atoms with Gasteiger partial charge in [-0.3, -0.25) is 0 Å². The average Bonchev–Trinajstić information content (AvgIpc) is 2.00. The first kappa shape index (κ1) is 12.5. The summed E-state index contributed by atoms with van der Waals surface area (Å²) in [6, 6.07) is 0. The number of aliphatic carboxylic acids is 1. The summed E-state index contributed by atoms with van der Waals surface area (Å²) < 4.78 is 5.80. The van der Waals surface area contributed by atoms with Crippen LogP contribution in [0.3, 0.4) is 0 Å². The summed E-state index contributed by atoms with van der Waals surface area (Å²) in [5, 5.41) is 9.34. The smallest absolute Gasteiger partial charge is 0.336 e. The first-order valence-electron chi connectivity index (χ1n) is 5.69. The molecule has 0 amide bonds. The van der Waals surface area contributed by atoms with Gasteiger partial charge in [0.15, 0.2) is 5.60 Å². The van der Waals surface area contributed by atoms with Gasteiger partial charge in [-0.05, 0) is 46.0 Å². The molecule has 2 unspecified atom stereocenters. The van der Waals surface area contributed by atoms with Crippen molar-refractivity contribution in [3.63, 3.8) is 0 Å². The third-order valence-corrected chi connectivity index (χ3v) is 2.85. The third-order valence-electron chi connectivity index (χ3n) is 2.85. The zero-order valence-electron chi connectivity index (χ0n) is 10.2. The molecule has 3 nitrogen and oxygen atoms in total. The van der Waals surface area contributed by atoms with Crippen molar-refractivity contribution in [3.05, 3.63) is 0 Å². The molecule has 0 spiro atoms. The summed E-state index contributed by atoms with van der Waals surface area (Å²) >= 11 is 0. The van der Waals surface area contributed by atoms with Crippen molar-refractivity contribution in [2.24, 2.45) is 5.92 Å². The van der Waals surface area contributed by atoms with Crippen LogP contribution in [0.2, 0.25) is 0 Å². The predicted molar refractivity (Wildman–Crippen MR) is 58.8 cm³/mol. The van der Waals surface area contributed by atoms with Gasteiger partial charge in [0.05, 0.1) is 5.60 Å². The van der Waals surface area contributed by atoms with Crippen LogP contribution in [0.1, 0.15) is 53.4 Å². The molecule has 2 atom stereocenters. The Balaban J connectivity index is 2.83. The van der Waals surface area contributed by atoms with E-state index in [0.29, 0.717) is 18.8 Å². The van der Waals surface area contributed by atoms with Gasteiger partial charge in [-0.25, -0.2) is 4.79 Å². The standard InChI is InChI=1S/C12H22O3/c1-9-6-5-7-12(8-9,10(13)14)15-11(2,3)4/h9H,5-8H2,1-4H3,(H,13,14). The Labute approximate surface area is 91.8 Å². The van der Waals surface area contributed by atoms with Crippen LogP contribution in [-0.4, -0.2) is 22.3 Å². The van der Waals surface area contributed by atoms with Gasteiger partial charge in [0, 0.05) is 0 Å². The average molecular weight is 214 g/mol. The number of carboxylic acid groups (broad SMARTS) is 1. The van der Waals surface area contributed by atoms with Gasteiger partial charge in [0.25, 0.3) is 0 Å². The van der Waals surface area contributed by atoms with Gasteiger partial charge in [0.2, 0.25) is 0 Å². The highest BCUT2D eigenvalue weighted by Gasteiger charge is 2.45. The van der Waals surface area contributed by atoms with E-state index in [1.54, 1.807) is 0 Å². The lowest BCUT2D eigenvalue weighted by Gasteiger charge is -2.40. The second kappa shape index (κ2) is 4.12. The summed E-state index contributed by atoms with van der Waals surface area (Å²) in [7, 11) is 0. The summed E-state index contributed by atoms with van der Waals surface area (Å²) in [6.45, 7) is 7.84. The van der Waals surface area contributed by atoms with Crippen molar-refractivity contribution in [2.75, 3.05) is 0 Å². The molecule has 0 aromatic carbocycles. The van der Waals surface area contributed by atoms with Crippen molar-refractivity contribution >= 4 is 5.97 Å². The molecular weight excluding hydrogens is 192 g/mol. The van der Waals surface area contributed by atoms with Gasteiger partial charge in [-0.15, -0.1) is 0 Å². The van der Waals surface area contributed by atoms with Crippen LogP contribution in [0.5, 0.6) is 0 Å². The highest BCUT2D eigenvalue weighted by Crippen LogP contribution is 2.38. The molecule has 0 heterocycles. The Hall–Kier alpha value is -0.570. The molecule has 0 aliphatic heterocycles. The second-order valence-corrected chi connectivity index (χ2v) is 5.72. The number of ether oxygens (including phenoxy) is 1. The molecule has 0 aromatic rings. The minimum Gasteiger partial charge on any atom is -0.479 e. The van der Waals surface area contributed by atoms with Gasteiger partial charge in [0.1, 0.15) is 0 Å². The summed E-state index contributed by atoms with van der Waals surface area (Å²) in [5.74, 6) is -0.360. The monoisotopic (exact) mass is 214 g/mol. The molecule has 1 aliphatic carbocycles. The zero-order valence-corrected chi connectivity index (χ0v) is 10.2. The van der Waals surface area contributed by atoms with Crippen LogP contribution < -0.4 is 0 Å². The van der Waals surface area contributed by atoms with E-state index in [0.717, 1.165) is 12.8 Å². The number of carboxylic acids is 1. The lowest BCUT2D eigenvalue weighted by molar-refractivity contribution is -0.194. The third kappa shape index (κ3) is 3.20. The molecule has 1 fully saturated rings. The molecule has 1 saturated carbocycles. The molecule has 88 valence electrons. The highest BCUT2D eigenvalue weighted by molar-refractivity contribution is 5.77. The molecular formula is C12H22O3. The minimum absolute atomic E-state index is 0.393. The fourth-order valence-electron chi connectivity index (χ4n) is 2.42. The second-order valence-electron chi connectivity index (χ2n) is 5.72. The Kier molecular flexibility index (Phi) is 3.44. The molecule has 1 N–H and O–H groups in total. The Morgan fingerprint density at radius 1 is 1.47 bits per heavy atom. The number of hydrogen-bond donors (Lipinski definition) is 1. The number of carbonyl (C=O) groups is 1. The Bertz CT molecular complexity index is 242. The topological polar surface area (TPSA) is 46.5 Å². The van der Waals surface area contributed by atoms with E-state index in [2.05, 4.69) is 6.92 Å². The van der Waals surface area contributed by atoms with E-state index in [1.807, 2.05) is 20.8 Å². The van der Waals surface area contributed by atoms with Crippen molar-refractivity contribution in [1.29, 1.82) is 0 Å². The SMILES string of the molecule is CC1CCCC(OC(C)(C)C)(C(=O)O)C1. The van der Waals surface area contributed by atoms with Crippen molar-refractivity contribution in [1.82, 2.24) is 0 Å². The van der Waals surface area contributed by atoms with Crippen molar-refractivity contribution < 1.29 is 14.6 Å². The quantitative estimate of drug-likeness (QED) is 0.768. The molecule has 0 radical (unpaired) electrons. The van der Waals surface area contributed by atoms with Crippen LogP contribution in [0.15, 0.2) is 0 Å². The zero-order chi connectivity index (χ0) is 11.7. The van der Waals surface area contributed by atoms with E-state index >= 15 is 0 Å². The maximum absolute atomic E-state index is 11.4. The van der Waals surface area contributed by atoms with Crippen LogP contribution in [0.25, 0.3) is 0 Å². The van der Waals surface area contributed by atoms with Crippen molar-refractivity contribution in [3.8, 4) is 0 Å². The van der Waals surface area contributed by atoms with E-state index in [-0.39, 0.29) is 0 Å². The minimum atomic E-state index is -0.948. The fraction of sp³-hybridized carbons (Fsp3) is 0.917. The van der Waals surface area contributed by atoms with Gasteiger partial charge >= 0.3 is 5.97 Å². The molecule has 0 saturated heterocycles. The van der Waals surface area contributed by atoms with E-state index in [1.165, 1.54) is 0 Å². The first-order chi connectivity index (χ1) is 6.75. The largest absolute Gasteiger partial charge is 0.479 e. The molecule has 15 heavy (non-hydrogen) atoms. The number of hydrogen-bond acceptors (Lipinski definition) is 2. The van der Waals surface area contributed by atoms with Crippen LogP contribution in [0.4, 0.5) is 0 Å². The number of rotatable bonds is 2.